The second kappa shape index (κ2) is 5.48. The van der Waals surface area contributed by atoms with Gasteiger partial charge < -0.3 is 4.74 Å². The van der Waals surface area contributed by atoms with Crippen molar-refractivity contribution in [1.29, 1.82) is 0 Å². The predicted molar refractivity (Wildman–Crippen MR) is 41.4 cm³/mol. The summed E-state index contributed by atoms with van der Waals surface area (Å²) in [5.41, 5.74) is -7.39. The van der Waals surface area contributed by atoms with E-state index >= 15 is 0 Å². The Balaban J connectivity index is 6.59. The molecule has 0 fully saturated rings. The van der Waals surface area contributed by atoms with E-state index in [1.54, 1.807) is 0 Å². The molecule has 0 aliphatic heterocycles. The Bertz CT molecular complexity index is 419. The van der Waals surface area contributed by atoms with Crippen LogP contribution in [-0.4, -0.2) is 25.6 Å². The Morgan fingerprint density at radius 3 is 1.20 bits per heavy atom. The highest BCUT2D eigenvalue weighted by atomic mass is 19.4. The average Bonchev–Trinajstić information content (AvgIpc) is 2.18. The fourth-order valence-corrected chi connectivity index (χ4v) is 0.971. The van der Waals surface area contributed by atoms with E-state index in [0.29, 0.717) is 0 Å². The van der Waals surface area contributed by atoms with Gasteiger partial charge in [0.1, 0.15) is 11.1 Å². The molecule has 0 heterocycles. The molecule has 0 bridgehead atoms. The topological polar surface area (TPSA) is 9.23 Å². The van der Waals surface area contributed by atoms with Gasteiger partial charge in [-0.1, -0.05) is 0 Å². The van der Waals surface area contributed by atoms with Crippen molar-refractivity contribution in [2.45, 2.75) is 18.5 Å². The molecule has 0 spiro atoms. The molecule has 0 unspecified atom stereocenters. The zero-order valence-electron chi connectivity index (χ0n) is 9.07. The first-order valence-corrected chi connectivity index (χ1v) is 4.19. The monoisotopic (exact) mass is 324 g/mol. The SMILES string of the molecule is CO/C(F)=C(/C(=C(/F)C(F)(F)F)C(F)(F)F)C(F)(F)F. The molecule has 0 saturated carbocycles. The quantitative estimate of drug-likeness (QED) is 0.406. The zero-order chi connectivity index (χ0) is 16.5. The summed E-state index contributed by atoms with van der Waals surface area (Å²) in [6.45, 7) is 0. The van der Waals surface area contributed by atoms with Gasteiger partial charge in [0.05, 0.1) is 7.11 Å². The lowest BCUT2D eigenvalue weighted by atomic mass is 10.0. The lowest BCUT2D eigenvalue weighted by Gasteiger charge is -2.19. The minimum absolute atomic E-state index is 0.126. The molecule has 0 aliphatic rings. The zero-order valence-corrected chi connectivity index (χ0v) is 9.07. The van der Waals surface area contributed by atoms with Gasteiger partial charge in [0.15, 0.2) is 0 Å². The first-order chi connectivity index (χ1) is 8.64. The molecule has 0 rings (SSSR count). The first kappa shape index (κ1) is 18.5. The van der Waals surface area contributed by atoms with Gasteiger partial charge in [-0.3, -0.25) is 0 Å². The van der Waals surface area contributed by atoms with E-state index in [4.69, 9.17) is 0 Å². The van der Waals surface area contributed by atoms with Gasteiger partial charge in [-0.25, -0.2) is 4.39 Å². The minimum Gasteiger partial charge on any atom is -0.474 e. The van der Waals surface area contributed by atoms with Gasteiger partial charge in [0.2, 0.25) is 5.83 Å². The van der Waals surface area contributed by atoms with Crippen molar-refractivity contribution in [1.82, 2.24) is 0 Å². The van der Waals surface area contributed by atoms with Gasteiger partial charge in [-0.15, -0.1) is 0 Å². The molecule has 0 aromatic heterocycles. The molecular weight excluding hydrogens is 321 g/mol. The lowest BCUT2D eigenvalue weighted by molar-refractivity contribution is -0.139. The van der Waals surface area contributed by atoms with Crippen LogP contribution in [0.15, 0.2) is 23.0 Å². The Labute approximate surface area is 103 Å². The van der Waals surface area contributed by atoms with Crippen molar-refractivity contribution in [3.63, 3.8) is 0 Å². The third-order valence-corrected chi connectivity index (χ3v) is 1.66. The summed E-state index contributed by atoms with van der Waals surface area (Å²) in [4.78, 5) is 0. The van der Waals surface area contributed by atoms with Crippen LogP contribution in [0.25, 0.3) is 0 Å². The largest absolute Gasteiger partial charge is 0.474 e. The molecule has 0 radical (unpaired) electrons. The fourth-order valence-electron chi connectivity index (χ4n) is 0.971. The van der Waals surface area contributed by atoms with E-state index in [1.807, 2.05) is 0 Å². The summed E-state index contributed by atoms with van der Waals surface area (Å²) < 4.78 is 137. The first-order valence-electron chi connectivity index (χ1n) is 4.19. The molecule has 1 nitrogen and oxygen atoms in total. The Kier molecular flexibility index (Phi) is 5.07. The van der Waals surface area contributed by atoms with Crippen LogP contribution in [0.1, 0.15) is 0 Å². The second-order valence-corrected chi connectivity index (χ2v) is 3.04. The molecule has 12 heteroatoms. The van der Waals surface area contributed by atoms with Crippen LogP contribution in [0.4, 0.5) is 48.3 Å². The van der Waals surface area contributed by atoms with Crippen LogP contribution in [0.3, 0.4) is 0 Å². The molecule has 0 saturated heterocycles. The van der Waals surface area contributed by atoms with Crippen LogP contribution in [-0.2, 0) is 4.74 Å². The summed E-state index contributed by atoms with van der Waals surface area (Å²) in [6.07, 6.45) is -19.1. The molecule has 20 heavy (non-hydrogen) atoms. The summed E-state index contributed by atoms with van der Waals surface area (Å²) in [5.74, 6) is -4.13. The van der Waals surface area contributed by atoms with Crippen molar-refractivity contribution in [3.05, 3.63) is 23.0 Å². The highest BCUT2D eigenvalue weighted by Crippen LogP contribution is 2.46. The van der Waals surface area contributed by atoms with Gasteiger partial charge in [0.25, 0.3) is 6.01 Å². The van der Waals surface area contributed by atoms with Gasteiger partial charge in [-0.05, 0) is 0 Å². The van der Waals surface area contributed by atoms with Crippen LogP contribution in [0.2, 0.25) is 0 Å². The van der Waals surface area contributed by atoms with Gasteiger partial charge in [0, 0.05) is 0 Å². The predicted octanol–water partition coefficient (Wildman–Crippen LogP) is 4.72. The Morgan fingerprint density at radius 2 is 1.00 bits per heavy atom. The summed E-state index contributed by atoms with van der Waals surface area (Å²) in [5, 5.41) is 0. The van der Waals surface area contributed by atoms with Crippen molar-refractivity contribution >= 4 is 0 Å². The lowest BCUT2D eigenvalue weighted by Crippen LogP contribution is -2.28. The van der Waals surface area contributed by atoms with Crippen LogP contribution in [0, 0.1) is 0 Å². The molecule has 118 valence electrons. The highest BCUT2D eigenvalue weighted by molar-refractivity contribution is 5.42. The summed E-state index contributed by atoms with van der Waals surface area (Å²) in [7, 11) is 0.126. The van der Waals surface area contributed by atoms with E-state index < -0.39 is 41.5 Å². The summed E-state index contributed by atoms with van der Waals surface area (Å²) in [6, 6.07) is -3.05. The molecule has 0 amide bonds. The van der Waals surface area contributed by atoms with Crippen LogP contribution < -0.4 is 0 Å². The Hall–Kier alpha value is -1.49. The van der Waals surface area contributed by atoms with Crippen LogP contribution >= 0.6 is 0 Å². The standard InChI is InChI=1S/C8H3F11O/c1-20-5(10)3(7(14,15)16)2(6(11,12)13)4(9)8(17,18)19/h1H3/b4-2-,5-3-. The minimum atomic E-state index is -6.46. The maximum atomic E-state index is 12.7. The number of alkyl halides is 9. The van der Waals surface area contributed by atoms with Crippen molar-refractivity contribution in [3.8, 4) is 0 Å². The molecule has 0 atom stereocenters. The van der Waals surface area contributed by atoms with E-state index in [1.165, 1.54) is 0 Å². The number of hydrogen-bond donors (Lipinski definition) is 0. The van der Waals surface area contributed by atoms with Gasteiger partial charge >= 0.3 is 18.5 Å². The van der Waals surface area contributed by atoms with E-state index in [2.05, 4.69) is 4.74 Å². The van der Waals surface area contributed by atoms with Gasteiger partial charge in [-0.2, -0.15) is 43.9 Å². The average molecular weight is 324 g/mol. The van der Waals surface area contributed by atoms with E-state index in [0.717, 1.165) is 0 Å². The number of ether oxygens (including phenoxy) is 1. The number of halogens is 11. The molecule has 0 aromatic carbocycles. The maximum Gasteiger partial charge on any atom is 0.443 e. The Morgan fingerprint density at radius 1 is 0.650 bits per heavy atom. The molecule has 0 aromatic rings. The third-order valence-electron chi connectivity index (χ3n) is 1.66. The third kappa shape index (κ3) is 4.27. The van der Waals surface area contributed by atoms with E-state index in [-0.39, 0.29) is 7.11 Å². The number of allylic oxidation sites excluding steroid dienone is 3. The molecule has 0 aliphatic carbocycles. The fraction of sp³-hybridized carbons (Fsp3) is 0.500. The molecule has 0 N–H and O–H groups in total. The molecular formula is C8H3F11O. The second-order valence-electron chi connectivity index (χ2n) is 3.04. The number of rotatable bonds is 2. The van der Waals surface area contributed by atoms with Crippen LogP contribution in [0.5, 0.6) is 0 Å². The van der Waals surface area contributed by atoms with Crippen molar-refractivity contribution < 1.29 is 53.0 Å². The maximum absolute atomic E-state index is 12.7. The normalized spacial score (nSPS) is 16.6. The smallest absolute Gasteiger partial charge is 0.443 e. The van der Waals surface area contributed by atoms with Crippen molar-refractivity contribution in [2.24, 2.45) is 0 Å². The highest BCUT2D eigenvalue weighted by Gasteiger charge is 2.55. The number of hydrogen-bond acceptors (Lipinski definition) is 1. The number of methoxy groups -OCH3 is 1. The summed E-state index contributed by atoms with van der Waals surface area (Å²) >= 11 is 0. The van der Waals surface area contributed by atoms with E-state index in [9.17, 15) is 48.3 Å². The van der Waals surface area contributed by atoms with Crippen molar-refractivity contribution in [2.75, 3.05) is 7.11 Å².